The van der Waals surface area contributed by atoms with E-state index in [1.54, 1.807) is 6.20 Å². The molecular weight excluding hydrogens is 292 g/mol. The van der Waals surface area contributed by atoms with Crippen LogP contribution in [0.3, 0.4) is 0 Å². The molecule has 0 radical (unpaired) electrons. The maximum Gasteiger partial charge on any atom is 0.407 e. The molecule has 2 N–H and O–H groups in total. The number of carbonyl (C=O) groups is 1. The third-order valence-electron chi connectivity index (χ3n) is 3.38. The van der Waals surface area contributed by atoms with Crippen LogP contribution >= 0.6 is 0 Å². The topological polar surface area (TPSA) is 79.9 Å². The Morgan fingerprint density at radius 2 is 2.04 bits per heavy atom. The molecule has 1 aromatic carbocycles. The van der Waals surface area contributed by atoms with Crippen LogP contribution in [-0.2, 0) is 17.8 Å². The summed E-state index contributed by atoms with van der Waals surface area (Å²) in [5.74, 6) is 0.873. The number of rotatable bonds is 6. The number of hydrogen-bond donors (Lipinski definition) is 2. The smallest absolute Gasteiger partial charge is 0.407 e. The van der Waals surface area contributed by atoms with E-state index in [9.17, 15) is 4.79 Å². The predicted molar refractivity (Wildman–Crippen MR) is 86.8 cm³/mol. The lowest BCUT2D eigenvalue weighted by Crippen LogP contribution is -2.25. The summed E-state index contributed by atoms with van der Waals surface area (Å²) in [5, 5.41) is 2.74. The lowest BCUT2D eigenvalue weighted by Gasteiger charge is -2.06. The highest BCUT2D eigenvalue weighted by atomic mass is 16.5. The lowest BCUT2D eigenvalue weighted by atomic mass is 10.2. The number of hydrogen-bond acceptors (Lipinski definition) is 4. The van der Waals surface area contributed by atoms with E-state index in [1.165, 1.54) is 0 Å². The molecule has 0 aliphatic heterocycles. The first-order valence-corrected chi connectivity index (χ1v) is 7.55. The number of nitrogens with one attached hydrogen (secondary N) is 2. The van der Waals surface area contributed by atoms with Crippen molar-refractivity contribution >= 4 is 17.3 Å². The van der Waals surface area contributed by atoms with E-state index >= 15 is 0 Å². The van der Waals surface area contributed by atoms with Gasteiger partial charge in [0.05, 0.1) is 5.52 Å². The number of aromatic nitrogens is 3. The van der Waals surface area contributed by atoms with Crippen molar-refractivity contribution in [2.45, 2.75) is 19.4 Å². The van der Waals surface area contributed by atoms with Crippen LogP contribution in [0.4, 0.5) is 4.79 Å². The molecule has 6 heteroatoms. The third-order valence-corrected chi connectivity index (χ3v) is 3.38. The monoisotopic (exact) mass is 310 g/mol. The zero-order chi connectivity index (χ0) is 15.9. The van der Waals surface area contributed by atoms with Gasteiger partial charge < -0.3 is 15.0 Å². The molecule has 0 aliphatic carbocycles. The van der Waals surface area contributed by atoms with Gasteiger partial charge in [0, 0.05) is 19.2 Å². The number of aromatic amines is 1. The lowest BCUT2D eigenvalue weighted by molar-refractivity contribution is 0.139. The molecular formula is C17H18N4O2. The third kappa shape index (κ3) is 4.29. The van der Waals surface area contributed by atoms with Crippen LogP contribution in [0.5, 0.6) is 0 Å². The minimum atomic E-state index is -0.403. The fourth-order valence-electron chi connectivity index (χ4n) is 2.23. The second-order valence-electron chi connectivity index (χ2n) is 5.15. The predicted octanol–water partition coefficient (Wildman–Crippen LogP) is 2.82. The molecule has 2 aromatic heterocycles. The molecule has 6 nitrogen and oxygen atoms in total. The zero-order valence-corrected chi connectivity index (χ0v) is 12.7. The van der Waals surface area contributed by atoms with Crippen LogP contribution in [-0.4, -0.2) is 27.6 Å². The second kappa shape index (κ2) is 7.40. The van der Waals surface area contributed by atoms with Crippen molar-refractivity contribution < 1.29 is 9.53 Å². The van der Waals surface area contributed by atoms with Crippen molar-refractivity contribution in [1.82, 2.24) is 20.3 Å². The van der Waals surface area contributed by atoms with E-state index in [2.05, 4.69) is 20.3 Å². The molecule has 3 aromatic rings. The average Bonchev–Trinajstić information content (AvgIpc) is 3.00. The molecule has 0 fully saturated rings. The number of ether oxygens (including phenoxy) is 1. The number of amides is 1. The Bertz CT molecular complexity index is 737. The Morgan fingerprint density at radius 1 is 1.17 bits per heavy atom. The van der Waals surface area contributed by atoms with Gasteiger partial charge in [-0.1, -0.05) is 30.3 Å². The molecule has 1 amide bonds. The van der Waals surface area contributed by atoms with Crippen LogP contribution < -0.4 is 5.32 Å². The van der Waals surface area contributed by atoms with Gasteiger partial charge in [-0.25, -0.2) is 14.8 Å². The van der Waals surface area contributed by atoms with E-state index in [0.29, 0.717) is 6.54 Å². The van der Waals surface area contributed by atoms with Crippen molar-refractivity contribution in [1.29, 1.82) is 0 Å². The van der Waals surface area contributed by atoms with Gasteiger partial charge >= 0.3 is 6.09 Å². The first-order valence-electron chi connectivity index (χ1n) is 7.55. The van der Waals surface area contributed by atoms with Crippen LogP contribution in [0, 0.1) is 0 Å². The summed E-state index contributed by atoms with van der Waals surface area (Å²) in [6.45, 7) is 0.819. The quantitative estimate of drug-likeness (QED) is 0.686. The molecule has 3 rings (SSSR count). The molecule has 0 bridgehead atoms. The number of alkyl carbamates (subject to hydrolysis) is 1. The molecule has 2 heterocycles. The normalized spacial score (nSPS) is 10.6. The van der Waals surface area contributed by atoms with Crippen LogP contribution in [0.25, 0.3) is 11.2 Å². The Hall–Kier alpha value is -2.89. The van der Waals surface area contributed by atoms with Gasteiger partial charge in [-0.05, 0) is 24.1 Å². The highest BCUT2D eigenvalue weighted by Crippen LogP contribution is 2.08. The molecule has 0 aliphatic rings. The Morgan fingerprint density at radius 3 is 2.87 bits per heavy atom. The minimum Gasteiger partial charge on any atom is -0.445 e. The van der Waals surface area contributed by atoms with Crippen molar-refractivity contribution in [3.63, 3.8) is 0 Å². The van der Waals surface area contributed by atoms with E-state index in [-0.39, 0.29) is 6.61 Å². The molecule has 0 saturated heterocycles. The molecule has 0 atom stereocenters. The maximum atomic E-state index is 11.6. The molecule has 23 heavy (non-hydrogen) atoms. The number of carbonyl (C=O) groups excluding carboxylic acids is 1. The molecule has 118 valence electrons. The fourth-order valence-corrected chi connectivity index (χ4v) is 2.23. The van der Waals surface area contributed by atoms with Gasteiger partial charge in [0.2, 0.25) is 0 Å². The van der Waals surface area contributed by atoms with Crippen molar-refractivity contribution in [3.05, 3.63) is 60.0 Å². The number of aryl methyl sites for hydroxylation is 1. The number of pyridine rings is 1. The van der Waals surface area contributed by atoms with E-state index in [4.69, 9.17) is 4.74 Å². The maximum absolute atomic E-state index is 11.6. The second-order valence-corrected chi connectivity index (χ2v) is 5.15. The van der Waals surface area contributed by atoms with Gasteiger partial charge in [-0.15, -0.1) is 0 Å². The minimum absolute atomic E-state index is 0.280. The molecule has 0 spiro atoms. The summed E-state index contributed by atoms with van der Waals surface area (Å²) in [4.78, 5) is 23.4. The Balaban J connectivity index is 1.37. The van der Waals surface area contributed by atoms with Gasteiger partial charge in [0.25, 0.3) is 0 Å². The number of imidazole rings is 1. The summed E-state index contributed by atoms with van der Waals surface area (Å²) < 4.78 is 5.14. The first kappa shape index (κ1) is 15.0. The van der Waals surface area contributed by atoms with Crippen molar-refractivity contribution in [2.24, 2.45) is 0 Å². The summed E-state index contributed by atoms with van der Waals surface area (Å²) in [7, 11) is 0. The van der Waals surface area contributed by atoms with Gasteiger partial charge in [-0.2, -0.15) is 0 Å². The largest absolute Gasteiger partial charge is 0.445 e. The van der Waals surface area contributed by atoms with E-state index in [0.717, 1.165) is 35.4 Å². The van der Waals surface area contributed by atoms with Crippen molar-refractivity contribution in [2.75, 3.05) is 6.54 Å². The first-order chi connectivity index (χ1) is 11.3. The van der Waals surface area contributed by atoms with E-state index < -0.39 is 6.09 Å². The summed E-state index contributed by atoms with van der Waals surface area (Å²) >= 11 is 0. The highest BCUT2D eigenvalue weighted by Gasteiger charge is 2.04. The molecule has 0 unspecified atom stereocenters. The van der Waals surface area contributed by atoms with Gasteiger partial charge in [-0.3, -0.25) is 0 Å². The van der Waals surface area contributed by atoms with Crippen molar-refractivity contribution in [3.8, 4) is 0 Å². The number of fused-ring (bicyclic) bond motifs is 1. The SMILES string of the molecule is O=C(NCCCc1nc2ncccc2[nH]1)OCc1ccccc1. The number of nitrogens with zero attached hydrogens (tertiary/aromatic N) is 2. The Kier molecular flexibility index (Phi) is 4.83. The Labute approximate surface area is 133 Å². The van der Waals surface area contributed by atoms with E-state index in [1.807, 2.05) is 42.5 Å². The summed E-state index contributed by atoms with van der Waals surface area (Å²) in [5.41, 5.74) is 2.62. The average molecular weight is 310 g/mol. The highest BCUT2D eigenvalue weighted by molar-refractivity contribution is 5.69. The van der Waals surface area contributed by atoms with Crippen LogP contribution in [0.15, 0.2) is 48.7 Å². The van der Waals surface area contributed by atoms with Crippen LogP contribution in [0.2, 0.25) is 0 Å². The zero-order valence-electron chi connectivity index (χ0n) is 12.7. The summed E-state index contributed by atoms with van der Waals surface area (Å²) in [6, 6.07) is 13.4. The summed E-state index contributed by atoms with van der Waals surface area (Å²) in [6.07, 6.45) is 2.84. The number of benzene rings is 1. The van der Waals surface area contributed by atoms with Gasteiger partial charge in [0.15, 0.2) is 5.65 Å². The molecule has 0 saturated carbocycles. The standard InChI is InChI=1S/C17H18N4O2/c22-17(23-12-13-6-2-1-3-7-13)19-11-5-9-15-20-14-8-4-10-18-16(14)21-15/h1-4,6-8,10H,5,9,11-12H2,(H,19,22)(H,18,20,21). The number of H-pyrrole nitrogens is 1. The van der Waals surface area contributed by atoms with Gasteiger partial charge in [0.1, 0.15) is 12.4 Å². The van der Waals surface area contributed by atoms with Crippen LogP contribution in [0.1, 0.15) is 17.8 Å². The fraction of sp³-hybridized carbons (Fsp3) is 0.235.